The molecule has 0 radical (unpaired) electrons. The number of carboxylic acid groups (broad SMARTS) is 3. The molecule has 0 aromatic carbocycles. The van der Waals surface area contributed by atoms with Crippen LogP contribution in [0.5, 0.6) is 0 Å². The summed E-state index contributed by atoms with van der Waals surface area (Å²) in [5, 5.41) is 29.1. The second-order valence-electron chi connectivity index (χ2n) is 13.8. The van der Waals surface area contributed by atoms with Crippen molar-refractivity contribution >= 4 is 17.9 Å². The van der Waals surface area contributed by atoms with Crippen LogP contribution in [0.25, 0.3) is 0 Å². The lowest BCUT2D eigenvalue weighted by Crippen LogP contribution is -2.51. The monoisotopic (exact) mass is 652 g/mol. The molecule has 46 heavy (non-hydrogen) atoms. The third-order valence-corrected chi connectivity index (χ3v) is 9.43. The average Bonchev–Trinajstić information content (AvgIpc) is 3.02. The maximum absolute atomic E-state index is 11.0. The molecule has 0 amide bonds. The first kappa shape index (κ1) is 44.1. The molecule has 270 valence electrons. The lowest BCUT2D eigenvalue weighted by atomic mass is 10.0. The first-order valence-electron chi connectivity index (χ1n) is 19.4. The molecule has 0 aromatic rings. The van der Waals surface area contributed by atoms with Crippen LogP contribution in [-0.2, 0) is 14.4 Å². The van der Waals surface area contributed by atoms with Gasteiger partial charge in [0.2, 0.25) is 0 Å². The Morgan fingerprint density at radius 1 is 0.457 bits per heavy atom. The average molecular weight is 652 g/mol. The predicted molar refractivity (Wildman–Crippen MR) is 189 cm³/mol. The van der Waals surface area contributed by atoms with E-state index in [2.05, 4.69) is 19.1 Å². The summed E-state index contributed by atoms with van der Waals surface area (Å²) in [5.41, 5.74) is 0. The van der Waals surface area contributed by atoms with Crippen molar-refractivity contribution < 1.29 is 34.2 Å². The third-order valence-electron chi connectivity index (χ3n) is 9.43. The Bertz CT molecular complexity index is 698. The number of rotatable bonds is 37. The zero-order valence-electron chi connectivity index (χ0n) is 30.0. The topological polar surface area (TPSA) is 115 Å². The van der Waals surface area contributed by atoms with Crippen molar-refractivity contribution in [3.8, 4) is 0 Å². The fraction of sp³-hybridized carbons (Fsp3) is 0.872. The highest BCUT2D eigenvalue weighted by Crippen LogP contribution is 2.20. The summed E-state index contributed by atoms with van der Waals surface area (Å²) in [7, 11) is 0. The SMILES string of the molecule is CCC/C=C/CCCCCCCCCCCCCCCCCCC[N+](CCCCC(=O)[O-])(CCCCC(=O)O)CCCCC(=O)O. The summed E-state index contributed by atoms with van der Waals surface area (Å²) >= 11 is 0. The van der Waals surface area contributed by atoms with Crippen LogP contribution in [0.15, 0.2) is 12.2 Å². The van der Waals surface area contributed by atoms with Gasteiger partial charge in [-0.25, -0.2) is 0 Å². The molecule has 0 saturated heterocycles. The first-order valence-corrected chi connectivity index (χ1v) is 19.4. The van der Waals surface area contributed by atoms with Gasteiger partial charge >= 0.3 is 11.9 Å². The van der Waals surface area contributed by atoms with Gasteiger partial charge in [-0.1, -0.05) is 115 Å². The third kappa shape index (κ3) is 32.1. The number of carbonyl (C=O) groups excluding carboxylic acids is 1. The smallest absolute Gasteiger partial charge is 0.303 e. The summed E-state index contributed by atoms with van der Waals surface area (Å²) in [5.74, 6) is -2.56. The highest BCUT2D eigenvalue weighted by Gasteiger charge is 2.26. The first-order chi connectivity index (χ1) is 22.3. The molecular formula is C39H73NO6. The van der Waals surface area contributed by atoms with Gasteiger partial charge in [0.15, 0.2) is 0 Å². The zero-order valence-corrected chi connectivity index (χ0v) is 30.0. The number of hydrogen-bond donors (Lipinski definition) is 2. The van der Waals surface area contributed by atoms with Crippen LogP contribution in [0, 0.1) is 0 Å². The van der Waals surface area contributed by atoms with E-state index in [1.807, 2.05) is 0 Å². The highest BCUT2D eigenvalue weighted by atomic mass is 16.4. The van der Waals surface area contributed by atoms with E-state index in [4.69, 9.17) is 10.2 Å². The largest absolute Gasteiger partial charge is 0.550 e. The molecule has 7 heteroatoms. The predicted octanol–water partition coefficient (Wildman–Crippen LogP) is 9.61. The second-order valence-corrected chi connectivity index (χ2v) is 13.8. The molecule has 0 rings (SSSR count). The second kappa shape index (κ2) is 33.0. The van der Waals surface area contributed by atoms with E-state index in [9.17, 15) is 19.5 Å². The molecule has 0 aliphatic rings. The van der Waals surface area contributed by atoms with Gasteiger partial charge in [0.05, 0.1) is 26.2 Å². The fourth-order valence-corrected chi connectivity index (χ4v) is 6.60. The van der Waals surface area contributed by atoms with E-state index in [0.29, 0.717) is 19.3 Å². The number of unbranched alkanes of at least 4 members (excludes halogenated alkanes) is 21. The molecule has 0 unspecified atom stereocenters. The van der Waals surface area contributed by atoms with Crippen LogP contribution in [0.4, 0.5) is 0 Å². The Balaban J connectivity index is 4.13. The highest BCUT2D eigenvalue weighted by molar-refractivity contribution is 5.66. The van der Waals surface area contributed by atoms with Crippen molar-refractivity contribution in [1.29, 1.82) is 0 Å². The van der Waals surface area contributed by atoms with Crippen molar-refractivity contribution in [3.63, 3.8) is 0 Å². The van der Waals surface area contributed by atoms with Gasteiger partial charge in [-0.15, -0.1) is 0 Å². The number of aliphatic carboxylic acids is 3. The van der Waals surface area contributed by atoms with E-state index in [1.54, 1.807) is 0 Å². The molecule has 0 heterocycles. The van der Waals surface area contributed by atoms with E-state index >= 15 is 0 Å². The molecule has 0 bridgehead atoms. The Morgan fingerprint density at radius 3 is 1.11 bits per heavy atom. The van der Waals surface area contributed by atoms with E-state index < -0.39 is 17.9 Å². The molecular weight excluding hydrogens is 578 g/mol. The molecule has 0 aromatic heterocycles. The van der Waals surface area contributed by atoms with Crippen LogP contribution in [-0.4, -0.2) is 58.8 Å². The maximum atomic E-state index is 11.0. The molecule has 7 nitrogen and oxygen atoms in total. The minimum Gasteiger partial charge on any atom is -0.550 e. The molecule has 0 fully saturated rings. The summed E-state index contributed by atoms with van der Waals surface area (Å²) in [6, 6.07) is 0. The minimum atomic E-state index is -1.01. The lowest BCUT2D eigenvalue weighted by molar-refractivity contribution is -0.929. The van der Waals surface area contributed by atoms with Crippen molar-refractivity contribution in [2.45, 2.75) is 193 Å². The van der Waals surface area contributed by atoms with Gasteiger partial charge in [-0.3, -0.25) is 9.59 Å². The van der Waals surface area contributed by atoms with Gasteiger partial charge in [0, 0.05) is 18.8 Å². The fourth-order valence-electron chi connectivity index (χ4n) is 6.60. The summed E-state index contributed by atoms with van der Waals surface area (Å²) < 4.78 is 0.850. The normalized spacial score (nSPS) is 11.8. The van der Waals surface area contributed by atoms with E-state index in [-0.39, 0.29) is 19.3 Å². The van der Waals surface area contributed by atoms with Gasteiger partial charge in [0.1, 0.15) is 0 Å². The number of hydrogen-bond acceptors (Lipinski definition) is 4. The van der Waals surface area contributed by atoms with Crippen LogP contribution in [0.2, 0.25) is 0 Å². The summed E-state index contributed by atoms with van der Waals surface area (Å²) in [4.78, 5) is 33.0. The van der Waals surface area contributed by atoms with Crippen molar-refractivity contribution in [2.24, 2.45) is 0 Å². The van der Waals surface area contributed by atoms with Gasteiger partial charge in [0.25, 0.3) is 0 Å². The van der Waals surface area contributed by atoms with Gasteiger partial charge in [-0.05, 0) is 77.0 Å². The van der Waals surface area contributed by atoms with Crippen molar-refractivity contribution in [2.75, 3.05) is 26.2 Å². The standard InChI is InChI=1S/C39H73NO6/c1-2-3-4-5-6-7-8-9-10-11-12-13-14-15-16-17-18-19-20-21-22-26-33-40(34-27-23-30-37(41)42,35-28-24-31-38(43)44)36-29-25-32-39(45)46/h4-5H,2-3,6-36H2,1H3,(H2-,41,42,43,44,45,46)/b5-4+. The van der Waals surface area contributed by atoms with E-state index in [1.165, 1.54) is 122 Å². The molecule has 0 aliphatic heterocycles. The van der Waals surface area contributed by atoms with E-state index in [0.717, 1.165) is 56.3 Å². The molecule has 0 aliphatic carbocycles. The Labute approximate surface area is 283 Å². The van der Waals surface area contributed by atoms with Crippen molar-refractivity contribution in [3.05, 3.63) is 12.2 Å². The Morgan fingerprint density at radius 2 is 0.761 bits per heavy atom. The molecule has 2 N–H and O–H groups in total. The lowest BCUT2D eigenvalue weighted by Gasteiger charge is -2.39. The molecule has 0 saturated carbocycles. The van der Waals surface area contributed by atoms with Gasteiger partial charge < -0.3 is 24.6 Å². The van der Waals surface area contributed by atoms with Crippen LogP contribution < -0.4 is 5.11 Å². The Hall–Kier alpha value is -1.89. The number of allylic oxidation sites excluding steroid dienone is 2. The van der Waals surface area contributed by atoms with Crippen LogP contribution >= 0.6 is 0 Å². The zero-order chi connectivity index (χ0) is 34.0. The van der Waals surface area contributed by atoms with Crippen molar-refractivity contribution in [1.82, 2.24) is 0 Å². The molecule has 0 atom stereocenters. The van der Waals surface area contributed by atoms with Gasteiger partial charge in [-0.2, -0.15) is 0 Å². The molecule has 0 spiro atoms. The quantitative estimate of drug-likeness (QED) is 0.0393. The van der Waals surface area contributed by atoms with Crippen LogP contribution in [0.1, 0.15) is 193 Å². The number of carboxylic acids is 3. The minimum absolute atomic E-state index is 0.0654. The van der Waals surface area contributed by atoms with Crippen LogP contribution in [0.3, 0.4) is 0 Å². The number of quaternary nitrogens is 1. The summed E-state index contributed by atoms with van der Waals surface area (Å²) in [6.07, 6.45) is 35.8. The number of nitrogens with zero attached hydrogens (tertiary/aromatic N) is 1. The summed E-state index contributed by atoms with van der Waals surface area (Å²) in [6.45, 7) is 5.86. The number of carbonyl (C=O) groups is 3. The maximum Gasteiger partial charge on any atom is 0.303 e. The Kier molecular flexibility index (Phi) is 31.7.